The normalized spacial score (nSPS) is 15.1. The summed E-state index contributed by atoms with van der Waals surface area (Å²) in [5.41, 5.74) is 2.08. The number of benzene rings is 2. The maximum Gasteiger partial charge on any atom is 0.193 e. The molecule has 0 bridgehead atoms. The SMILES string of the molecule is O=c1cc(-c2ccc(Cl)c(CN3CCCC3)c2)oc2cc(O)ccc12. The lowest BCUT2D eigenvalue weighted by molar-refractivity contribution is 0.331. The summed E-state index contributed by atoms with van der Waals surface area (Å²) in [5, 5.41) is 10.8. The van der Waals surface area contributed by atoms with Crippen LogP contribution in [0.3, 0.4) is 0 Å². The molecule has 5 heteroatoms. The highest BCUT2D eigenvalue weighted by Crippen LogP contribution is 2.29. The first-order valence-electron chi connectivity index (χ1n) is 8.38. The fourth-order valence-corrected chi connectivity index (χ4v) is 3.49. The smallest absolute Gasteiger partial charge is 0.193 e. The molecule has 1 aromatic heterocycles. The Morgan fingerprint density at radius 1 is 1.08 bits per heavy atom. The first kappa shape index (κ1) is 16.2. The molecule has 0 aliphatic carbocycles. The Hall–Kier alpha value is -2.30. The summed E-state index contributed by atoms with van der Waals surface area (Å²) in [6, 6.07) is 11.7. The minimum atomic E-state index is -0.132. The summed E-state index contributed by atoms with van der Waals surface area (Å²) in [6.45, 7) is 2.97. The van der Waals surface area contributed by atoms with E-state index >= 15 is 0 Å². The van der Waals surface area contributed by atoms with Crippen molar-refractivity contribution in [1.29, 1.82) is 0 Å². The topological polar surface area (TPSA) is 53.7 Å². The van der Waals surface area contributed by atoms with Crippen LogP contribution in [0.25, 0.3) is 22.3 Å². The van der Waals surface area contributed by atoms with Gasteiger partial charge in [0.2, 0.25) is 0 Å². The summed E-state index contributed by atoms with van der Waals surface area (Å²) in [7, 11) is 0. The van der Waals surface area contributed by atoms with Gasteiger partial charge in [0, 0.05) is 29.3 Å². The molecule has 0 spiro atoms. The van der Waals surface area contributed by atoms with E-state index in [0.29, 0.717) is 16.7 Å². The van der Waals surface area contributed by atoms with Crippen molar-refractivity contribution in [2.24, 2.45) is 0 Å². The van der Waals surface area contributed by atoms with E-state index in [1.54, 1.807) is 6.07 Å². The van der Waals surface area contributed by atoms with E-state index in [4.69, 9.17) is 16.0 Å². The van der Waals surface area contributed by atoms with Gasteiger partial charge < -0.3 is 9.52 Å². The number of likely N-dealkylation sites (tertiary alicyclic amines) is 1. The van der Waals surface area contributed by atoms with Crippen LogP contribution in [0.2, 0.25) is 5.02 Å². The van der Waals surface area contributed by atoms with E-state index in [2.05, 4.69) is 4.90 Å². The van der Waals surface area contributed by atoms with Gasteiger partial charge in [0.1, 0.15) is 17.1 Å². The van der Waals surface area contributed by atoms with Crippen LogP contribution in [0.1, 0.15) is 18.4 Å². The van der Waals surface area contributed by atoms with Gasteiger partial charge in [0.15, 0.2) is 5.43 Å². The maximum absolute atomic E-state index is 12.3. The number of aromatic hydroxyl groups is 1. The molecule has 25 heavy (non-hydrogen) atoms. The van der Waals surface area contributed by atoms with Crippen LogP contribution in [0.4, 0.5) is 0 Å². The highest BCUT2D eigenvalue weighted by Gasteiger charge is 2.15. The zero-order valence-corrected chi connectivity index (χ0v) is 14.4. The molecule has 1 aliphatic rings. The summed E-state index contributed by atoms with van der Waals surface area (Å²) in [5.74, 6) is 0.543. The molecule has 1 aliphatic heterocycles. The molecule has 1 N–H and O–H groups in total. The molecule has 0 unspecified atom stereocenters. The van der Waals surface area contributed by atoms with Crippen LogP contribution in [0, 0.1) is 0 Å². The van der Waals surface area contributed by atoms with Gasteiger partial charge in [0.05, 0.1) is 5.39 Å². The second kappa shape index (κ2) is 6.54. The third kappa shape index (κ3) is 3.28. The highest BCUT2D eigenvalue weighted by atomic mass is 35.5. The van der Waals surface area contributed by atoms with E-state index in [0.717, 1.165) is 35.8 Å². The minimum Gasteiger partial charge on any atom is -0.508 e. The number of nitrogens with zero attached hydrogens (tertiary/aromatic N) is 1. The molecule has 1 saturated heterocycles. The fraction of sp³-hybridized carbons (Fsp3) is 0.250. The third-order valence-electron chi connectivity index (χ3n) is 4.64. The van der Waals surface area contributed by atoms with E-state index < -0.39 is 0 Å². The average molecular weight is 356 g/mol. The van der Waals surface area contributed by atoms with Crippen molar-refractivity contribution in [2.75, 3.05) is 13.1 Å². The molecule has 2 aromatic carbocycles. The number of rotatable bonds is 3. The summed E-state index contributed by atoms with van der Waals surface area (Å²) >= 11 is 6.36. The number of phenolic OH excluding ortho intramolecular Hbond substituents is 1. The van der Waals surface area contributed by atoms with E-state index in [9.17, 15) is 9.90 Å². The number of hydrogen-bond acceptors (Lipinski definition) is 4. The summed E-state index contributed by atoms with van der Waals surface area (Å²) in [6.07, 6.45) is 2.45. The standard InChI is InChI=1S/C20H18ClNO3/c21-17-6-3-13(9-14(17)12-22-7-1-2-8-22)19-11-18(24)16-5-4-15(23)10-20(16)25-19/h3-6,9-11,23H,1-2,7-8,12H2. The Bertz CT molecular complexity index is 990. The molecule has 4 nitrogen and oxygen atoms in total. The summed E-state index contributed by atoms with van der Waals surface area (Å²) in [4.78, 5) is 14.7. The van der Waals surface area contributed by atoms with E-state index in [-0.39, 0.29) is 11.2 Å². The van der Waals surface area contributed by atoms with Crippen molar-refractivity contribution >= 4 is 22.6 Å². The quantitative estimate of drug-likeness (QED) is 0.755. The molecule has 1 fully saturated rings. The number of halogens is 1. The second-order valence-corrected chi connectivity index (χ2v) is 6.85. The number of fused-ring (bicyclic) bond motifs is 1. The Kier molecular flexibility index (Phi) is 4.24. The number of hydrogen-bond donors (Lipinski definition) is 1. The van der Waals surface area contributed by atoms with Gasteiger partial charge in [-0.15, -0.1) is 0 Å². The molecule has 0 atom stereocenters. The molecular formula is C20H18ClNO3. The minimum absolute atomic E-state index is 0.0682. The average Bonchev–Trinajstić information content (AvgIpc) is 3.09. The van der Waals surface area contributed by atoms with Gasteiger partial charge in [-0.05, 0) is 61.8 Å². The molecule has 2 heterocycles. The van der Waals surface area contributed by atoms with Crippen LogP contribution < -0.4 is 5.43 Å². The zero-order chi connectivity index (χ0) is 17.4. The van der Waals surface area contributed by atoms with Crippen molar-refractivity contribution in [3.05, 3.63) is 63.3 Å². The lowest BCUT2D eigenvalue weighted by Crippen LogP contribution is -2.18. The van der Waals surface area contributed by atoms with Crippen molar-refractivity contribution in [2.45, 2.75) is 19.4 Å². The molecule has 4 rings (SSSR count). The van der Waals surface area contributed by atoms with Crippen molar-refractivity contribution in [1.82, 2.24) is 4.90 Å². The molecule has 128 valence electrons. The fourth-order valence-electron chi connectivity index (χ4n) is 3.32. The van der Waals surface area contributed by atoms with Crippen LogP contribution in [-0.4, -0.2) is 23.1 Å². The van der Waals surface area contributed by atoms with Gasteiger partial charge in [-0.3, -0.25) is 9.69 Å². The Morgan fingerprint density at radius 2 is 1.88 bits per heavy atom. The highest BCUT2D eigenvalue weighted by molar-refractivity contribution is 6.31. The molecule has 0 radical (unpaired) electrons. The van der Waals surface area contributed by atoms with Gasteiger partial charge in [0.25, 0.3) is 0 Å². The lowest BCUT2D eigenvalue weighted by Gasteiger charge is -2.16. The molecule has 3 aromatic rings. The predicted molar refractivity (Wildman–Crippen MR) is 99.1 cm³/mol. The van der Waals surface area contributed by atoms with Crippen LogP contribution >= 0.6 is 11.6 Å². The molecule has 0 saturated carbocycles. The Balaban J connectivity index is 1.76. The Labute approximate surface area is 150 Å². The first-order valence-corrected chi connectivity index (χ1v) is 8.76. The number of phenols is 1. The van der Waals surface area contributed by atoms with Gasteiger partial charge in [-0.25, -0.2) is 0 Å². The molecular weight excluding hydrogens is 338 g/mol. The summed E-state index contributed by atoms with van der Waals surface area (Å²) < 4.78 is 5.86. The van der Waals surface area contributed by atoms with Gasteiger partial charge in [-0.2, -0.15) is 0 Å². The van der Waals surface area contributed by atoms with Gasteiger partial charge in [-0.1, -0.05) is 11.6 Å². The largest absolute Gasteiger partial charge is 0.508 e. The van der Waals surface area contributed by atoms with Crippen molar-refractivity contribution < 1.29 is 9.52 Å². The van der Waals surface area contributed by atoms with Crippen molar-refractivity contribution in [3.8, 4) is 17.1 Å². The molecule has 0 amide bonds. The first-order chi connectivity index (χ1) is 12.1. The van der Waals surface area contributed by atoms with Gasteiger partial charge >= 0.3 is 0 Å². The van der Waals surface area contributed by atoms with Crippen LogP contribution in [0.5, 0.6) is 5.75 Å². The Morgan fingerprint density at radius 3 is 2.68 bits per heavy atom. The van der Waals surface area contributed by atoms with E-state index in [1.807, 2.05) is 18.2 Å². The second-order valence-electron chi connectivity index (χ2n) is 6.44. The van der Waals surface area contributed by atoms with Crippen molar-refractivity contribution in [3.63, 3.8) is 0 Å². The van der Waals surface area contributed by atoms with Crippen LogP contribution in [-0.2, 0) is 6.54 Å². The lowest BCUT2D eigenvalue weighted by atomic mass is 10.1. The maximum atomic E-state index is 12.3. The third-order valence-corrected chi connectivity index (χ3v) is 5.00. The zero-order valence-electron chi connectivity index (χ0n) is 13.7. The predicted octanol–water partition coefficient (Wildman–Crippen LogP) is 4.41. The van der Waals surface area contributed by atoms with Crippen LogP contribution in [0.15, 0.2) is 51.7 Å². The monoisotopic (exact) mass is 355 g/mol. The van der Waals surface area contributed by atoms with E-state index in [1.165, 1.54) is 31.0 Å².